The van der Waals surface area contributed by atoms with Crippen LogP contribution in [0.1, 0.15) is 52.4 Å². The van der Waals surface area contributed by atoms with Crippen molar-refractivity contribution in [2.45, 2.75) is 64.6 Å². The lowest BCUT2D eigenvalue weighted by molar-refractivity contribution is -0.176. The van der Waals surface area contributed by atoms with Crippen LogP contribution >= 0.6 is 0 Å². The maximum Gasteiger partial charge on any atom is 0.417 e. The number of ether oxygens (including phenoxy) is 1. The number of anilines is 4. The molecule has 2 bridgehead atoms. The lowest BCUT2D eigenvalue weighted by Crippen LogP contribution is -2.46. The minimum absolute atomic E-state index is 0.0163. The molecule has 2 aromatic heterocycles. The number of halogens is 3. The van der Waals surface area contributed by atoms with E-state index in [1.165, 1.54) is 0 Å². The molecule has 41 heavy (non-hydrogen) atoms. The van der Waals surface area contributed by atoms with Crippen LogP contribution in [0.2, 0.25) is 0 Å². The minimum atomic E-state index is -4.12. The van der Waals surface area contributed by atoms with E-state index in [-0.39, 0.29) is 13.0 Å². The molecule has 0 aromatic carbocycles. The van der Waals surface area contributed by atoms with Gasteiger partial charge in [0.2, 0.25) is 0 Å². The van der Waals surface area contributed by atoms with Gasteiger partial charge in [-0.25, -0.2) is 9.78 Å². The van der Waals surface area contributed by atoms with E-state index in [2.05, 4.69) is 25.5 Å². The molecule has 4 aliphatic rings. The molecule has 1 aliphatic carbocycles. The molecule has 8 nitrogen and oxygen atoms in total. The van der Waals surface area contributed by atoms with Crippen molar-refractivity contribution >= 4 is 29.1 Å². The zero-order valence-electron chi connectivity index (χ0n) is 23.7. The van der Waals surface area contributed by atoms with Gasteiger partial charge >= 0.3 is 12.3 Å². The monoisotopic (exact) mass is 572 g/mol. The Balaban J connectivity index is 0.000000189. The fourth-order valence-corrected chi connectivity index (χ4v) is 5.29. The third-order valence-electron chi connectivity index (χ3n) is 7.25. The first kappa shape index (κ1) is 30.2. The van der Waals surface area contributed by atoms with E-state index in [1.54, 1.807) is 35.5 Å². The van der Waals surface area contributed by atoms with Gasteiger partial charge in [0, 0.05) is 38.4 Å². The molecule has 2 aromatic rings. The number of hydrogen-bond acceptors (Lipinski definition) is 7. The first-order valence-electron chi connectivity index (χ1n) is 14.4. The summed E-state index contributed by atoms with van der Waals surface area (Å²) >= 11 is 0. The lowest BCUT2D eigenvalue weighted by Gasteiger charge is -2.41. The average Bonchev–Trinajstić information content (AvgIpc) is 2.99. The van der Waals surface area contributed by atoms with E-state index in [1.807, 2.05) is 38.1 Å². The second-order valence-corrected chi connectivity index (χ2v) is 10.1. The van der Waals surface area contributed by atoms with Gasteiger partial charge in [0.1, 0.15) is 11.6 Å². The molecule has 1 amide bonds. The minimum Gasteiger partial charge on any atom is -0.410 e. The maximum atomic E-state index is 13.0. The van der Waals surface area contributed by atoms with Gasteiger partial charge in [-0.1, -0.05) is 19.9 Å². The fourth-order valence-electron chi connectivity index (χ4n) is 5.29. The Kier molecular flexibility index (Phi) is 10.5. The summed E-state index contributed by atoms with van der Waals surface area (Å²) in [5, 5.41) is 6.04. The van der Waals surface area contributed by atoms with E-state index < -0.39 is 18.2 Å². The normalized spacial score (nSPS) is 21.0. The standard InChI is InChI=1S/C16H21F3N4.C12H12N2O2.C2H6/c17-16(18,19)11-3-1-8-23(9-11)14-6-5-13-15(21-14)20-12-4-2-7-22(13)10-12;15-12(14-10-5-4-8-13-9-10)16-11-6-2-1-3-7-11;1-2/h5-6,11-12H,1-4,7-10H2,(H,20,21);2,4-9H,1,3H2,(H,14,15);1-2H3/t11?,12-;;/m0../s1. The first-order valence-corrected chi connectivity index (χ1v) is 14.4. The summed E-state index contributed by atoms with van der Waals surface area (Å²) < 4.78 is 44.1. The number of amides is 1. The summed E-state index contributed by atoms with van der Waals surface area (Å²) in [6.07, 6.45) is 9.24. The second kappa shape index (κ2) is 14.2. The molecule has 1 unspecified atom stereocenters. The Morgan fingerprint density at radius 3 is 2.61 bits per heavy atom. The number of carbonyl (C=O) groups excluding carboxylic acids is 1. The summed E-state index contributed by atoms with van der Waals surface area (Å²) in [4.78, 5) is 24.1. The number of nitrogens with zero attached hydrogens (tertiary/aromatic N) is 4. The molecule has 0 radical (unpaired) electrons. The van der Waals surface area contributed by atoms with Crippen molar-refractivity contribution in [1.29, 1.82) is 0 Å². The molecule has 3 aliphatic heterocycles. The number of aromatic nitrogens is 2. The Bertz CT molecular complexity index is 1200. The number of allylic oxidation sites excluding steroid dienone is 3. The van der Waals surface area contributed by atoms with Gasteiger partial charge in [-0.3, -0.25) is 10.3 Å². The van der Waals surface area contributed by atoms with Crippen molar-refractivity contribution in [3.8, 4) is 0 Å². The van der Waals surface area contributed by atoms with Gasteiger partial charge in [-0.15, -0.1) is 0 Å². The van der Waals surface area contributed by atoms with Gasteiger partial charge in [0.15, 0.2) is 5.82 Å². The number of alkyl halides is 3. The number of carbonyl (C=O) groups is 1. The van der Waals surface area contributed by atoms with Crippen LogP contribution in [0.5, 0.6) is 0 Å². The van der Waals surface area contributed by atoms with Crippen LogP contribution in [0.3, 0.4) is 0 Å². The topological polar surface area (TPSA) is 82.6 Å². The highest BCUT2D eigenvalue weighted by molar-refractivity contribution is 5.85. The van der Waals surface area contributed by atoms with Crippen LogP contribution in [-0.4, -0.2) is 54.5 Å². The molecular weight excluding hydrogens is 533 g/mol. The maximum absolute atomic E-state index is 13.0. The Morgan fingerprint density at radius 1 is 1.07 bits per heavy atom. The first-order chi connectivity index (χ1) is 19.8. The Hall–Kier alpha value is -3.76. The number of pyridine rings is 2. The van der Waals surface area contributed by atoms with Crippen LogP contribution in [0.15, 0.2) is 60.6 Å². The fraction of sp³-hybridized carbons (Fsp3) is 0.500. The van der Waals surface area contributed by atoms with Gasteiger partial charge in [-0.05, 0) is 74.9 Å². The Labute approximate surface area is 239 Å². The predicted molar refractivity (Wildman–Crippen MR) is 156 cm³/mol. The van der Waals surface area contributed by atoms with Crippen molar-refractivity contribution in [2.75, 3.05) is 46.6 Å². The van der Waals surface area contributed by atoms with Crippen LogP contribution in [0.4, 0.5) is 41.0 Å². The van der Waals surface area contributed by atoms with Gasteiger partial charge in [-0.2, -0.15) is 13.2 Å². The number of rotatable bonds is 3. The number of nitrogens with one attached hydrogen (secondary N) is 2. The summed E-state index contributed by atoms with van der Waals surface area (Å²) in [5.41, 5.74) is 1.70. The van der Waals surface area contributed by atoms with Crippen LogP contribution in [0.25, 0.3) is 0 Å². The van der Waals surface area contributed by atoms with Crippen molar-refractivity contribution < 1.29 is 22.7 Å². The summed E-state index contributed by atoms with van der Waals surface area (Å²) in [6.45, 7) is 6.69. The van der Waals surface area contributed by atoms with Crippen molar-refractivity contribution in [3.05, 3.63) is 60.6 Å². The molecule has 0 spiro atoms. The smallest absolute Gasteiger partial charge is 0.410 e. The molecule has 2 fully saturated rings. The largest absolute Gasteiger partial charge is 0.417 e. The van der Waals surface area contributed by atoms with Crippen molar-refractivity contribution in [3.63, 3.8) is 0 Å². The van der Waals surface area contributed by atoms with E-state index in [4.69, 9.17) is 4.74 Å². The molecule has 222 valence electrons. The zero-order valence-corrected chi connectivity index (χ0v) is 23.7. The van der Waals surface area contributed by atoms with Crippen molar-refractivity contribution in [2.24, 2.45) is 5.92 Å². The highest BCUT2D eigenvalue weighted by Crippen LogP contribution is 2.37. The van der Waals surface area contributed by atoms with E-state index in [0.717, 1.165) is 50.3 Å². The molecule has 6 rings (SSSR count). The molecule has 2 saturated heterocycles. The third-order valence-corrected chi connectivity index (χ3v) is 7.25. The van der Waals surface area contributed by atoms with Crippen LogP contribution in [0, 0.1) is 5.92 Å². The average molecular weight is 573 g/mol. The lowest BCUT2D eigenvalue weighted by atomic mass is 9.97. The zero-order chi connectivity index (χ0) is 29.2. The van der Waals surface area contributed by atoms with Crippen LogP contribution < -0.4 is 20.4 Å². The van der Waals surface area contributed by atoms with Gasteiger partial charge in [0.05, 0.1) is 23.5 Å². The molecule has 11 heteroatoms. The quantitative estimate of drug-likeness (QED) is 0.404. The molecule has 2 N–H and O–H groups in total. The van der Waals surface area contributed by atoms with Gasteiger partial charge in [0.25, 0.3) is 0 Å². The van der Waals surface area contributed by atoms with Crippen LogP contribution in [-0.2, 0) is 4.74 Å². The van der Waals surface area contributed by atoms with E-state index in [9.17, 15) is 18.0 Å². The summed E-state index contributed by atoms with van der Waals surface area (Å²) in [6, 6.07) is 7.77. The van der Waals surface area contributed by atoms with Crippen molar-refractivity contribution in [1.82, 2.24) is 9.97 Å². The molecule has 2 atom stereocenters. The Morgan fingerprint density at radius 2 is 1.88 bits per heavy atom. The van der Waals surface area contributed by atoms with Gasteiger partial charge < -0.3 is 19.9 Å². The number of piperidine rings is 2. The third kappa shape index (κ3) is 8.37. The number of hydrogen-bond donors (Lipinski definition) is 2. The summed E-state index contributed by atoms with van der Waals surface area (Å²) in [7, 11) is 0. The highest BCUT2D eigenvalue weighted by atomic mass is 19.4. The van der Waals surface area contributed by atoms with E-state index in [0.29, 0.717) is 36.3 Å². The predicted octanol–water partition coefficient (Wildman–Crippen LogP) is 7.14. The molecule has 0 saturated carbocycles. The SMILES string of the molecule is CC.FC(F)(F)C1CCCN(c2ccc3c(n2)N[C@H]2CCCN3C2)C1.O=C(Nc1cccnc1)OC1=CCCC=C1. The second-order valence-electron chi connectivity index (χ2n) is 10.1. The molecular formula is C30H39F3N6O2. The van der Waals surface area contributed by atoms with E-state index >= 15 is 0 Å². The summed E-state index contributed by atoms with van der Waals surface area (Å²) in [5.74, 6) is 0.830. The molecule has 5 heterocycles. The number of fused-ring (bicyclic) bond motifs is 4. The highest BCUT2D eigenvalue weighted by Gasteiger charge is 2.42.